The predicted molar refractivity (Wildman–Crippen MR) is 74.8 cm³/mol. The number of benzene rings is 1. The van der Waals surface area contributed by atoms with Crippen molar-refractivity contribution in [1.82, 2.24) is 5.32 Å². The summed E-state index contributed by atoms with van der Waals surface area (Å²) in [4.78, 5) is 0. The molecule has 2 fully saturated rings. The third kappa shape index (κ3) is 3.03. The Morgan fingerprint density at radius 3 is 2.95 bits per heavy atom. The van der Waals surface area contributed by atoms with Crippen molar-refractivity contribution < 1.29 is 13.9 Å². The minimum absolute atomic E-state index is 0.101. The van der Waals surface area contributed by atoms with Gasteiger partial charge >= 0.3 is 0 Å². The van der Waals surface area contributed by atoms with Crippen LogP contribution in [0.1, 0.15) is 44.2 Å². The fourth-order valence-corrected chi connectivity index (χ4v) is 3.10. The Morgan fingerprint density at radius 1 is 1.40 bits per heavy atom. The molecule has 1 aliphatic carbocycles. The van der Waals surface area contributed by atoms with Crippen LogP contribution in [0.25, 0.3) is 0 Å². The summed E-state index contributed by atoms with van der Waals surface area (Å²) >= 11 is 0. The summed E-state index contributed by atoms with van der Waals surface area (Å²) in [5.41, 5.74) is 0.958. The summed E-state index contributed by atoms with van der Waals surface area (Å²) in [6.45, 7) is 3.43. The van der Waals surface area contributed by atoms with Gasteiger partial charge in [-0.1, -0.05) is 12.1 Å². The van der Waals surface area contributed by atoms with Gasteiger partial charge in [0.05, 0.1) is 12.7 Å². The van der Waals surface area contributed by atoms with Gasteiger partial charge in [0.1, 0.15) is 5.82 Å². The van der Waals surface area contributed by atoms with Gasteiger partial charge in [-0.2, -0.15) is 0 Å². The number of hydrogen-bond donors (Lipinski definition) is 1. The second-order valence-corrected chi connectivity index (χ2v) is 5.85. The zero-order valence-corrected chi connectivity index (χ0v) is 11.9. The fraction of sp³-hybridized carbons (Fsp3) is 0.625. The largest absolute Gasteiger partial charge is 0.347 e. The molecule has 0 aromatic heterocycles. The SMILES string of the molecule is CC(NCC1COC2(CCCC2)O1)c1cccc(F)c1. The van der Waals surface area contributed by atoms with Crippen molar-refractivity contribution in [1.29, 1.82) is 0 Å². The van der Waals surface area contributed by atoms with E-state index in [1.807, 2.05) is 13.0 Å². The Balaban J connectivity index is 1.50. The first kappa shape index (κ1) is 14.0. The monoisotopic (exact) mass is 279 g/mol. The van der Waals surface area contributed by atoms with E-state index in [-0.39, 0.29) is 23.8 Å². The Morgan fingerprint density at radius 2 is 2.20 bits per heavy atom. The molecule has 3 rings (SSSR count). The van der Waals surface area contributed by atoms with Gasteiger partial charge in [-0.15, -0.1) is 0 Å². The highest BCUT2D eigenvalue weighted by Gasteiger charge is 2.43. The van der Waals surface area contributed by atoms with E-state index in [1.54, 1.807) is 12.1 Å². The summed E-state index contributed by atoms with van der Waals surface area (Å²) in [6.07, 6.45) is 4.52. The first-order valence-electron chi connectivity index (χ1n) is 7.47. The molecular weight excluding hydrogens is 257 g/mol. The molecule has 1 aromatic rings. The number of ether oxygens (including phenoxy) is 2. The minimum atomic E-state index is -0.297. The fourth-order valence-electron chi connectivity index (χ4n) is 3.10. The highest BCUT2D eigenvalue weighted by atomic mass is 19.1. The maximum Gasteiger partial charge on any atom is 0.168 e. The lowest BCUT2D eigenvalue weighted by Crippen LogP contribution is -2.33. The van der Waals surface area contributed by atoms with Crippen LogP contribution in [0, 0.1) is 5.82 Å². The molecule has 1 heterocycles. The van der Waals surface area contributed by atoms with Crippen LogP contribution in [-0.2, 0) is 9.47 Å². The third-order valence-corrected chi connectivity index (χ3v) is 4.28. The maximum absolute atomic E-state index is 13.2. The van der Waals surface area contributed by atoms with Gasteiger partial charge in [0.25, 0.3) is 0 Å². The van der Waals surface area contributed by atoms with E-state index in [0.29, 0.717) is 6.61 Å². The van der Waals surface area contributed by atoms with E-state index in [1.165, 1.54) is 18.9 Å². The Labute approximate surface area is 119 Å². The highest BCUT2D eigenvalue weighted by molar-refractivity contribution is 5.19. The van der Waals surface area contributed by atoms with Crippen molar-refractivity contribution in [2.45, 2.75) is 50.5 Å². The Hall–Kier alpha value is -0.970. The predicted octanol–water partition coefficient (Wildman–Crippen LogP) is 3.16. The van der Waals surface area contributed by atoms with Crippen LogP contribution in [0.15, 0.2) is 24.3 Å². The average Bonchev–Trinajstić information content (AvgIpc) is 3.07. The molecule has 1 saturated carbocycles. The number of halogens is 1. The van der Waals surface area contributed by atoms with Gasteiger partial charge in [0.15, 0.2) is 5.79 Å². The topological polar surface area (TPSA) is 30.5 Å². The van der Waals surface area contributed by atoms with E-state index in [4.69, 9.17) is 9.47 Å². The van der Waals surface area contributed by atoms with Gasteiger partial charge in [-0.25, -0.2) is 4.39 Å². The normalized spacial score (nSPS) is 26.2. The minimum Gasteiger partial charge on any atom is -0.347 e. The van der Waals surface area contributed by atoms with Crippen LogP contribution in [0.3, 0.4) is 0 Å². The van der Waals surface area contributed by atoms with Crippen molar-refractivity contribution >= 4 is 0 Å². The van der Waals surface area contributed by atoms with Gasteiger partial charge in [0, 0.05) is 25.4 Å². The van der Waals surface area contributed by atoms with Crippen LogP contribution in [0.4, 0.5) is 4.39 Å². The van der Waals surface area contributed by atoms with Crippen molar-refractivity contribution in [3.63, 3.8) is 0 Å². The van der Waals surface area contributed by atoms with Crippen LogP contribution < -0.4 is 5.32 Å². The second kappa shape index (κ2) is 5.80. The van der Waals surface area contributed by atoms with E-state index < -0.39 is 0 Å². The molecule has 0 amide bonds. The molecule has 1 saturated heterocycles. The molecule has 0 radical (unpaired) electrons. The molecule has 3 nitrogen and oxygen atoms in total. The summed E-state index contributed by atoms with van der Waals surface area (Å²) in [6, 6.07) is 6.82. The zero-order chi connectivity index (χ0) is 14.0. The molecule has 1 N–H and O–H groups in total. The molecule has 20 heavy (non-hydrogen) atoms. The van der Waals surface area contributed by atoms with Crippen LogP contribution in [0.5, 0.6) is 0 Å². The molecule has 0 bridgehead atoms. The number of rotatable bonds is 4. The van der Waals surface area contributed by atoms with Crippen molar-refractivity contribution in [2.75, 3.05) is 13.2 Å². The molecule has 2 atom stereocenters. The smallest absolute Gasteiger partial charge is 0.168 e. The van der Waals surface area contributed by atoms with Gasteiger partial charge in [0.2, 0.25) is 0 Å². The lowest BCUT2D eigenvalue weighted by molar-refractivity contribution is -0.161. The van der Waals surface area contributed by atoms with Gasteiger partial charge in [-0.3, -0.25) is 0 Å². The standard InChI is InChI=1S/C16H22FNO2/c1-12(13-5-4-6-14(17)9-13)18-10-15-11-19-16(20-15)7-2-3-8-16/h4-6,9,12,15,18H,2-3,7-8,10-11H2,1H3. The molecule has 1 spiro atoms. The number of hydrogen-bond acceptors (Lipinski definition) is 3. The van der Waals surface area contributed by atoms with Gasteiger partial charge in [-0.05, 0) is 37.5 Å². The summed E-state index contributed by atoms with van der Waals surface area (Å²) in [5.74, 6) is -0.490. The van der Waals surface area contributed by atoms with Crippen LogP contribution in [0.2, 0.25) is 0 Å². The first-order valence-corrected chi connectivity index (χ1v) is 7.47. The van der Waals surface area contributed by atoms with Crippen molar-refractivity contribution in [3.05, 3.63) is 35.6 Å². The Kier molecular flexibility index (Phi) is 4.06. The average molecular weight is 279 g/mol. The van der Waals surface area contributed by atoms with E-state index in [0.717, 1.165) is 24.9 Å². The molecule has 2 unspecified atom stereocenters. The van der Waals surface area contributed by atoms with E-state index in [9.17, 15) is 4.39 Å². The summed E-state index contributed by atoms with van der Waals surface area (Å²) < 4.78 is 25.1. The molecule has 110 valence electrons. The molecule has 1 aliphatic heterocycles. The first-order chi connectivity index (χ1) is 9.67. The Bertz CT molecular complexity index is 460. The van der Waals surface area contributed by atoms with Crippen LogP contribution >= 0.6 is 0 Å². The van der Waals surface area contributed by atoms with Crippen molar-refractivity contribution in [3.8, 4) is 0 Å². The molecule has 2 aliphatic rings. The third-order valence-electron chi connectivity index (χ3n) is 4.28. The number of nitrogens with one attached hydrogen (secondary N) is 1. The summed E-state index contributed by atoms with van der Waals surface area (Å²) in [7, 11) is 0. The maximum atomic E-state index is 13.2. The van der Waals surface area contributed by atoms with Crippen molar-refractivity contribution in [2.24, 2.45) is 0 Å². The van der Waals surface area contributed by atoms with E-state index >= 15 is 0 Å². The highest BCUT2D eigenvalue weighted by Crippen LogP contribution is 2.39. The second-order valence-electron chi connectivity index (χ2n) is 5.85. The van der Waals surface area contributed by atoms with E-state index in [2.05, 4.69) is 5.32 Å². The lowest BCUT2D eigenvalue weighted by Gasteiger charge is -2.22. The summed E-state index contributed by atoms with van der Waals surface area (Å²) in [5, 5.41) is 3.40. The zero-order valence-electron chi connectivity index (χ0n) is 11.9. The quantitative estimate of drug-likeness (QED) is 0.918. The molecule has 1 aromatic carbocycles. The van der Waals surface area contributed by atoms with Crippen LogP contribution in [-0.4, -0.2) is 25.0 Å². The van der Waals surface area contributed by atoms with Gasteiger partial charge < -0.3 is 14.8 Å². The molecule has 4 heteroatoms. The lowest BCUT2D eigenvalue weighted by atomic mass is 10.1. The molecular formula is C16H22FNO2.